The quantitative estimate of drug-likeness (QED) is 0.833. The number of nitrogens with zero attached hydrogens (tertiary/aromatic N) is 1. The van der Waals surface area contributed by atoms with E-state index < -0.39 is 0 Å². The van der Waals surface area contributed by atoms with Crippen molar-refractivity contribution >= 4 is 23.2 Å². The molecule has 0 spiro atoms. The molecular formula is C14H19Cl2NO2. The molecule has 0 aliphatic carbocycles. The normalized spacial score (nSPS) is 19.9. The highest BCUT2D eigenvalue weighted by atomic mass is 35.5. The van der Waals surface area contributed by atoms with Crippen LogP contribution in [0, 0.1) is 0 Å². The van der Waals surface area contributed by atoms with Crippen molar-refractivity contribution in [2.24, 2.45) is 0 Å². The molecule has 0 radical (unpaired) electrons. The van der Waals surface area contributed by atoms with Crippen LogP contribution in [0.3, 0.4) is 0 Å². The van der Waals surface area contributed by atoms with Gasteiger partial charge in [0.15, 0.2) is 0 Å². The molecule has 1 fully saturated rings. The van der Waals surface area contributed by atoms with Crippen molar-refractivity contribution in [2.45, 2.75) is 19.1 Å². The van der Waals surface area contributed by atoms with Crippen molar-refractivity contribution in [3.8, 4) is 0 Å². The maximum atomic E-state index is 6.17. The SMILES string of the molecule is CN(CCC1COCCO1)Cc1ccc(Cl)cc1Cl. The van der Waals surface area contributed by atoms with Crippen LogP contribution in [-0.4, -0.2) is 44.4 Å². The summed E-state index contributed by atoms with van der Waals surface area (Å²) in [7, 11) is 2.08. The fraction of sp³-hybridized carbons (Fsp3) is 0.571. The monoisotopic (exact) mass is 303 g/mol. The first-order valence-corrected chi connectivity index (χ1v) is 7.22. The van der Waals surface area contributed by atoms with Crippen LogP contribution in [0.2, 0.25) is 10.0 Å². The van der Waals surface area contributed by atoms with Gasteiger partial charge >= 0.3 is 0 Å². The van der Waals surface area contributed by atoms with Gasteiger partial charge in [-0.1, -0.05) is 29.3 Å². The van der Waals surface area contributed by atoms with Crippen LogP contribution in [0.1, 0.15) is 12.0 Å². The molecule has 1 aliphatic rings. The Morgan fingerprint density at radius 1 is 1.32 bits per heavy atom. The largest absolute Gasteiger partial charge is 0.376 e. The first-order chi connectivity index (χ1) is 9.15. The van der Waals surface area contributed by atoms with E-state index in [-0.39, 0.29) is 6.10 Å². The van der Waals surface area contributed by atoms with Crippen LogP contribution >= 0.6 is 23.2 Å². The number of hydrogen-bond acceptors (Lipinski definition) is 3. The van der Waals surface area contributed by atoms with Gasteiger partial charge in [-0.25, -0.2) is 0 Å². The number of halogens is 2. The Kier molecular flexibility index (Phi) is 5.92. The Morgan fingerprint density at radius 2 is 2.16 bits per heavy atom. The maximum Gasteiger partial charge on any atom is 0.0821 e. The minimum Gasteiger partial charge on any atom is -0.376 e. The first-order valence-electron chi connectivity index (χ1n) is 6.47. The second kappa shape index (κ2) is 7.46. The van der Waals surface area contributed by atoms with Gasteiger partial charge < -0.3 is 14.4 Å². The lowest BCUT2D eigenvalue weighted by Crippen LogP contribution is -2.32. The predicted octanol–water partition coefficient (Wildman–Crippen LogP) is 3.23. The molecule has 3 nitrogen and oxygen atoms in total. The summed E-state index contributed by atoms with van der Waals surface area (Å²) < 4.78 is 11.0. The lowest BCUT2D eigenvalue weighted by molar-refractivity contribution is -0.0923. The van der Waals surface area contributed by atoms with Crippen LogP contribution in [0.5, 0.6) is 0 Å². The van der Waals surface area contributed by atoms with Crippen LogP contribution in [-0.2, 0) is 16.0 Å². The standard InChI is InChI=1S/C14H19Cl2NO2/c1-17(5-4-13-10-18-6-7-19-13)9-11-2-3-12(15)8-14(11)16/h2-3,8,13H,4-7,9-10H2,1H3. The minimum atomic E-state index is 0.219. The van der Waals surface area contributed by atoms with E-state index in [0.717, 1.165) is 30.1 Å². The number of ether oxygens (including phenoxy) is 2. The molecule has 0 bridgehead atoms. The lowest BCUT2D eigenvalue weighted by Gasteiger charge is -2.25. The van der Waals surface area contributed by atoms with Crippen LogP contribution in [0.4, 0.5) is 0 Å². The van der Waals surface area contributed by atoms with Crippen LogP contribution in [0.15, 0.2) is 18.2 Å². The van der Waals surface area contributed by atoms with Crippen molar-refractivity contribution in [1.82, 2.24) is 4.90 Å². The van der Waals surface area contributed by atoms with E-state index in [9.17, 15) is 0 Å². The minimum absolute atomic E-state index is 0.219. The lowest BCUT2D eigenvalue weighted by atomic mass is 10.2. The van der Waals surface area contributed by atoms with Crippen molar-refractivity contribution in [1.29, 1.82) is 0 Å². The molecule has 19 heavy (non-hydrogen) atoms. The molecule has 2 rings (SSSR count). The fourth-order valence-corrected chi connectivity index (χ4v) is 2.56. The molecule has 1 atom stereocenters. The van der Waals surface area contributed by atoms with Gasteiger partial charge in [-0.2, -0.15) is 0 Å². The van der Waals surface area contributed by atoms with Crippen molar-refractivity contribution in [3.63, 3.8) is 0 Å². The number of hydrogen-bond donors (Lipinski definition) is 0. The van der Waals surface area contributed by atoms with Crippen LogP contribution in [0.25, 0.3) is 0 Å². The molecule has 1 heterocycles. The zero-order valence-electron chi connectivity index (χ0n) is 11.1. The highest BCUT2D eigenvalue weighted by Gasteiger charge is 2.15. The summed E-state index contributed by atoms with van der Waals surface area (Å²) in [6.45, 7) is 3.89. The Morgan fingerprint density at radius 3 is 2.84 bits per heavy atom. The number of benzene rings is 1. The Labute approximate surface area is 124 Å². The summed E-state index contributed by atoms with van der Waals surface area (Å²) in [6, 6.07) is 5.63. The molecule has 106 valence electrons. The molecule has 1 aromatic carbocycles. The second-order valence-electron chi connectivity index (χ2n) is 4.83. The summed E-state index contributed by atoms with van der Waals surface area (Å²) in [5.74, 6) is 0. The molecule has 0 amide bonds. The molecule has 5 heteroatoms. The molecule has 1 saturated heterocycles. The van der Waals surface area contributed by atoms with Gasteiger partial charge in [0.25, 0.3) is 0 Å². The van der Waals surface area contributed by atoms with Crippen molar-refractivity contribution in [3.05, 3.63) is 33.8 Å². The van der Waals surface area contributed by atoms with E-state index in [1.807, 2.05) is 12.1 Å². The molecular weight excluding hydrogens is 285 g/mol. The summed E-state index contributed by atoms with van der Waals surface area (Å²) >= 11 is 12.1. The highest BCUT2D eigenvalue weighted by Crippen LogP contribution is 2.22. The Bertz CT molecular complexity index is 408. The fourth-order valence-electron chi connectivity index (χ4n) is 2.09. The highest BCUT2D eigenvalue weighted by molar-refractivity contribution is 6.35. The second-order valence-corrected chi connectivity index (χ2v) is 5.67. The summed E-state index contributed by atoms with van der Waals surface area (Å²) in [5.41, 5.74) is 1.09. The van der Waals surface area contributed by atoms with Gasteiger partial charge in [0.1, 0.15) is 0 Å². The molecule has 1 aliphatic heterocycles. The van der Waals surface area contributed by atoms with Gasteiger partial charge in [-0.05, 0) is 31.2 Å². The molecule has 0 saturated carbocycles. The third-order valence-corrected chi connectivity index (χ3v) is 3.76. The average molecular weight is 304 g/mol. The van der Waals surface area contributed by atoms with Gasteiger partial charge in [0.05, 0.1) is 25.9 Å². The summed E-state index contributed by atoms with van der Waals surface area (Å²) in [5, 5.41) is 1.39. The number of rotatable bonds is 5. The molecule has 1 aromatic rings. The summed E-state index contributed by atoms with van der Waals surface area (Å²) in [6.07, 6.45) is 1.19. The zero-order chi connectivity index (χ0) is 13.7. The molecule has 0 aromatic heterocycles. The van der Waals surface area contributed by atoms with E-state index in [1.165, 1.54) is 0 Å². The predicted molar refractivity (Wildman–Crippen MR) is 78.0 cm³/mol. The third-order valence-electron chi connectivity index (χ3n) is 3.17. The van der Waals surface area contributed by atoms with Gasteiger partial charge in [-0.3, -0.25) is 0 Å². The van der Waals surface area contributed by atoms with Gasteiger partial charge in [-0.15, -0.1) is 0 Å². The first kappa shape index (κ1) is 15.1. The molecule has 1 unspecified atom stereocenters. The molecule has 0 N–H and O–H groups in total. The topological polar surface area (TPSA) is 21.7 Å². The van der Waals surface area contributed by atoms with E-state index in [0.29, 0.717) is 24.8 Å². The Hall–Kier alpha value is -0.320. The van der Waals surface area contributed by atoms with E-state index in [4.69, 9.17) is 32.7 Å². The van der Waals surface area contributed by atoms with E-state index >= 15 is 0 Å². The van der Waals surface area contributed by atoms with E-state index in [1.54, 1.807) is 6.07 Å². The average Bonchev–Trinajstić information content (AvgIpc) is 2.41. The smallest absolute Gasteiger partial charge is 0.0821 e. The van der Waals surface area contributed by atoms with Gasteiger partial charge in [0, 0.05) is 23.1 Å². The van der Waals surface area contributed by atoms with Crippen LogP contribution < -0.4 is 0 Å². The zero-order valence-corrected chi connectivity index (χ0v) is 12.6. The van der Waals surface area contributed by atoms with Crippen molar-refractivity contribution in [2.75, 3.05) is 33.4 Å². The Balaban J connectivity index is 1.78. The maximum absolute atomic E-state index is 6.17. The third kappa shape index (κ3) is 4.93. The van der Waals surface area contributed by atoms with Gasteiger partial charge in [0.2, 0.25) is 0 Å². The summed E-state index contributed by atoms with van der Waals surface area (Å²) in [4.78, 5) is 2.23. The van der Waals surface area contributed by atoms with Crippen molar-refractivity contribution < 1.29 is 9.47 Å². The van der Waals surface area contributed by atoms with E-state index in [2.05, 4.69) is 11.9 Å².